The molecule has 3 aromatic heterocycles. The number of hydrogen-bond donors (Lipinski definition) is 0. The topological polar surface area (TPSA) is 100 Å². The predicted molar refractivity (Wildman–Crippen MR) is 399 cm³/mol. The molecule has 0 spiro atoms. The van der Waals surface area contributed by atoms with Crippen LogP contribution in [0.25, 0.3) is 172 Å². The second kappa shape index (κ2) is 24.6. The van der Waals surface area contributed by atoms with Gasteiger partial charge in [0.25, 0.3) is 0 Å². The fourth-order valence-corrected chi connectivity index (χ4v) is 13.8. The zero-order valence-corrected chi connectivity index (χ0v) is 52.8. The van der Waals surface area contributed by atoms with Crippen molar-refractivity contribution in [2.75, 3.05) is 0 Å². The molecule has 0 N–H and O–H groups in total. The zero-order chi connectivity index (χ0) is 65.6. The molecule has 0 saturated heterocycles. The maximum atomic E-state index is 10.5. The van der Waals surface area contributed by atoms with E-state index in [4.69, 9.17) is 21.5 Å². The molecule has 98 heavy (non-hydrogen) atoms. The summed E-state index contributed by atoms with van der Waals surface area (Å²) in [5.41, 5.74) is 24.1. The van der Waals surface area contributed by atoms with E-state index in [1.54, 1.807) is 0 Å². The number of nitrogens with zero attached hydrogens (tertiary/aromatic N) is 8. The van der Waals surface area contributed by atoms with Crippen molar-refractivity contribution in [2.24, 2.45) is 0 Å². The van der Waals surface area contributed by atoms with Gasteiger partial charge in [0, 0.05) is 49.4 Å². The molecular formula is C90H54N8. The van der Waals surface area contributed by atoms with Crippen LogP contribution in [0.2, 0.25) is 0 Å². The van der Waals surface area contributed by atoms with Crippen LogP contribution in [0.3, 0.4) is 0 Å². The highest BCUT2D eigenvalue weighted by molar-refractivity contribution is 6.14. The molecule has 3 heterocycles. The summed E-state index contributed by atoms with van der Waals surface area (Å²) in [4.78, 5) is 20.3. The normalized spacial score (nSPS) is 11.2. The van der Waals surface area contributed by atoms with Gasteiger partial charge in [-0.15, -0.1) is 0 Å². The van der Waals surface area contributed by atoms with Crippen LogP contribution in [0.1, 0.15) is 11.1 Å². The third kappa shape index (κ3) is 10.6. The van der Waals surface area contributed by atoms with Crippen LogP contribution >= 0.6 is 0 Å². The zero-order valence-electron chi connectivity index (χ0n) is 52.8. The van der Waals surface area contributed by atoms with Crippen molar-refractivity contribution < 1.29 is 0 Å². The van der Waals surface area contributed by atoms with E-state index in [2.05, 4.69) is 257 Å². The van der Waals surface area contributed by atoms with Crippen molar-refractivity contribution >= 4 is 49.3 Å². The lowest BCUT2D eigenvalue weighted by molar-refractivity contribution is 1.07. The van der Waals surface area contributed by atoms with Crippen LogP contribution in [-0.4, -0.2) is 24.1 Å². The minimum absolute atomic E-state index is 0.437. The third-order valence-corrected chi connectivity index (χ3v) is 18.6. The van der Waals surface area contributed by atoms with Gasteiger partial charge < -0.3 is 9.13 Å². The molecule has 17 rings (SSSR count). The van der Waals surface area contributed by atoms with Gasteiger partial charge in [-0.2, -0.15) is 10.5 Å². The van der Waals surface area contributed by atoms with E-state index in [0.29, 0.717) is 34.3 Å². The summed E-state index contributed by atoms with van der Waals surface area (Å²) in [6, 6.07) is 118. The van der Waals surface area contributed by atoms with Gasteiger partial charge >= 0.3 is 0 Å². The van der Waals surface area contributed by atoms with Crippen LogP contribution < -0.4 is 0 Å². The maximum Gasteiger partial charge on any atom is 0.187 e. The molecule has 17 aromatic rings. The second-order valence-corrected chi connectivity index (χ2v) is 24.5. The van der Waals surface area contributed by atoms with Gasteiger partial charge in [0.05, 0.1) is 63.3 Å². The monoisotopic (exact) mass is 1250 g/mol. The lowest BCUT2D eigenvalue weighted by Crippen LogP contribution is -2.03. The Labute approximate surface area is 566 Å². The van der Waals surface area contributed by atoms with Crippen molar-refractivity contribution in [3.05, 3.63) is 350 Å². The van der Waals surface area contributed by atoms with Crippen molar-refractivity contribution in [1.29, 1.82) is 10.5 Å². The molecule has 0 saturated carbocycles. The van der Waals surface area contributed by atoms with Crippen molar-refractivity contribution in [3.8, 4) is 136 Å². The van der Waals surface area contributed by atoms with Crippen LogP contribution in [0.4, 0.5) is 5.69 Å². The van der Waals surface area contributed by atoms with E-state index < -0.39 is 0 Å². The number of rotatable bonds is 12. The first-order valence-electron chi connectivity index (χ1n) is 32.4. The maximum absolute atomic E-state index is 10.5. The first kappa shape index (κ1) is 58.0. The number of fused-ring (bicyclic) bond motifs is 6. The quantitative estimate of drug-likeness (QED) is 0.113. The molecule has 454 valence electrons. The Bertz CT molecular complexity index is 5610. The van der Waals surface area contributed by atoms with Gasteiger partial charge in [0.1, 0.15) is 0 Å². The minimum atomic E-state index is 0.437. The molecule has 0 radical (unpaired) electrons. The largest absolute Gasteiger partial charge is 0.309 e. The first-order valence-corrected chi connectivity index (χ1v) is 32.4. The predicted octanol–water partition coefficient (Wildman–Crippen LogP) is 23.0. The Morgan fingerprint density at radius 3 is 0.980 bits per heavy atom. The summed E-state index contributed by atoms with van der Waals surface area (Å²) in [5.74, 6) is 1.33. The van der Waals surface area contributed by atoms with E-state index >= 15 is 0 Å². The molecule has 0 bridgehead atoms. The van der Waals surface area contributed by atoms with E-state index in [9.17, 15) is 10.5 Å². The number of nitriles is 2. The summed E-state index contributed by atoms with van der Waals surface area (Å²) >= 11 is 0. The number of benzene rings is 14. The van der Waals surface area contributed by atoms with Gasteiger partial charge in [0.2, 0.25) is 0 Å². The molecule has 0 aliphatic carbocycles. The Morgan fingerprint density at radius 1 is 0.255 bits per heavy atom. The number of aromatic nitrogens is 5. The summed E-state index contributed by atoms with van der Waals surface area (Å²) in [6.07, 6.45) is 0. The first-order chi connectivity index (χ1) is 48.4. The van der Waals surface area contributed by atoms with E-state index in [0.717, 1.165) is 150 Å². The standard InChI is InChI=1S/C90H54N8/c1-93-75-30-16-28-71(49-75)77-55-74(40-46-83(77)98-86-43-37-68(62-22-10-4-11-23-62)52-80(86)81-53-69(38-44-87(81)98)63-24-12-5-13-25-63)90-95-88(72-29-15-26-65(48-72)64-33-31-58(56-91)32-34-64)94-89(96-90)73-39-45-82(76(54-73)70-27-14-17-59(47-70)57-92)97-84-41-35-66(60-18-6-2-7-19-60)50-78(84)79-51-67(36-42-85(79)97)61-20-8-3-9-21-61/h2-55H. The van der Waals surface area contributed by atoms with Crippen molar-refractivity contribution in [1.82, 2.24) is 24.1 Å². The van der Waals surface area contributed by atoms with Crippen molar-refractivity contribution in [2.45, 2.75) is 0 Å². The average Bonchev–Trinajstić information content (AvgIpc) is 1.57. The highest BCUT2D eigenvalue weighted by atomic mass is 15.0. The Kier molecular flexibility index (Phi) is 14.5. The fourth-order valence-electron chi connectivity index (χ4n) is 13.8. The molecule has 0 atom stereocenters. The van der Waals surface area contributed by atoms with Crippen LogP contribution in [0, 0.1) is 29.2 Å². The van der Waals surface area contributed by atoms with E-state index in [1.165, 1.54) is 0 Å². The van der Waals surface area contributed by atoms with Crippen molar-refractivity contribution in [3.63, 3.8) is 0 Å². The summed E-state index contributed by atoms with van der Waals surface area (Å²) in [6.45, 7) is 8.22. The Hall–Kier alpha value is -13.8. The Morgan fingerprint density at radius 2 is 0.571 bits per heavy atom. The fraction of sp³-hybridized carbons (Fsp3) is 0. The molecule has 0 unspecified atom stereocenters. The van der Waals surface area contributed by atoms with Gasteiger partial charge in [-0.1, -0.05) is 206 Å². The second-order valence-electron chi connectivity index (χ2n) is 24.5. The van der Waals surface area contributed by atoms with Crippen LogP contribution in [-0.2, 0) is 0 Å². The van der Waals surface area contributed by atoms with Gasteiger partial charge in [-0.25, -0.2) is 19.8 Å². The van der Waals surface area contributed by atoms with Crippen LogP contribution in [0.15, 0.2) is 328 Å². The van der Waals surface area contributed by atoms with Gasteiger partial charge in [-0.05, 0) is 188 Å². The van der Waals surface area contributed by atoms with Gasteiger partial charge in [0.15, 0.2) is 23.2 Å². The molecule has 0 aliphatic rings. The molecule has 0 amide bonds. The highest BCUT2D eigenvalue weighted by Gasteiger charge is 2.24. The molecule has 14 aromatic carbocycles. The lowest BCUT2D eigenvalue weighted by Gasteiger charge is -2.18. The molecule has 0 fully saturated rings. The molecule has 0 aliphatic heterocycles. The minimum Gasteiger partial charge on any atom is -0.309 e. The van der Waals surface area contributed by atoms with E-state index in [1.807, 2.05) is 97.1 Å². The summed E-state index contributed by atoms with van der Waals surface area (Å²) in [5, 5.41) is 24.6. The average molecular weight is 1250 g/mol. The molecular weight excluding hydrogens is 1190 g/mol. The number of hydrogen-bond acceptors (Lipinski definition) is 5. The van der Waals surface area contributed by atoms with Crippen LogP contribution in [0.5, 0.6) is 0 Å². The van der Waals surface area contributed by atoms with Gasteiger partial charge in [-0.3, -0.25) is 0 Å². The highest BCUT2D eigenvalue weighted by Crippen LogP contribution is 2.45. The lowest BCUT2D eigenvalue weighted by atomic mass is 9.98. The third-order valence-electron chi connectivity index (χ3n) is 18.6. The SMILES string of the molecule is [C-]#[N+]c1cccc(-c2cc(-c3nc(-c4cccc(-c5ccc(C#N)cc5)c4)nc(-c4ccc(-n5c6ccc(-c7ccccc7)cc6c6cc(-c7ccccc7)ccc65)c(-c5cccc(C#N)c5)c4)n3)ccc2-n2c3ccc(-c4ccccc4)cc3c3cc(-c4ccccc4)ccc32)c1. The summed E-state index contributed by atoms with van der Waals surface area (Å²) < 4.78 is 4.70. The van der Waals surface area contributed by atoms with E-state index in [-0.39, 0.29) is 0 Å². The Balaban J connectivity index is 0.888. The molecule has 8 heteroatoms. The smallest absolute Gasteiger partial charge is 0.187 e. The summed E-state index contributed by atoms with van der Waals surface area (Å²) in [7, 11) is 0. The molecule has 8 nitrogen and oxygen atoms in total.